The summed E-state index contributed by atoms with van der Waals surface area (Å²) in [6.07, 6.45) is 2.20. The maximum Gasteiger partial charge on any atom is 0.326 e. The minimum absolute atomic E-state index is 0.340. The standard InChI is InChI=1S/C13H17FN2O3S/c1-8-7-9(3-4-10(8)14)15-13(19)16-11(12(17)18)5-6-20-2/h3-4,7,11H,5-6H2,1-2H3,(H,17,18)(H2,15,16,19)/t11-/m0/s1. The molecule has 0 fully saturated rings. The number of aryl methyl sites for hydroxylation is 1. The van der Waals surface area contributed by atoms with Crippen LogP contribution in [0.15, 0.2) is 18.2 Å². The van der Waals surface area contributed by atoms with Gasteiger partial charge < -0.3 is 15.7 Å². The molecule has 0 radical (unpaired) electrons. The Balaban J connectivity index is 2.60. The van der Waals surface area contributed by atoms with Crippen molar-refractivity contribution in [1.82, 2.24) is 5.32 Å². The number of carbonyl (C=O) groups is 2. The molecule has 1 rings (SSSR count). The van der Waals surface area contributed by atoms with E-state index >= 15 is 0 Å². The van der Waals surface area contributed by atoms with Crippen LogP contribution in [0.5, 0.6) is 0 Å². The Labute approximate surface area is 120 Å². The Morgan fingerprint density at radius 2 is 2.15 bits per heavy atom. The molecular formula is C13H17FN2O3S. The number of hydrogen-bond donors (Lipinski definition) is 3. The van der Waals surface area contributed by atoms with Gasteiger partial charge in [-0.3, -0.25) is 0 Å². The number of aliphatic carboxylic acids is 1. The largest absolute Gasteiger partial charge is 0.480 e. The van der Waals surface area contributed by atoms with Crippen molar-refractivity contribution in [1.29, 1.82) is 0 Å². The molecule has 0 spiro atoms. The van der Waals surface area contributed by atoms with Crippen molar-refractivity contribution in [3.05, 3.63) is 29.6 Å². The Bertz CT molecular complexity index is 497. The van der Waals surface area contributed by atoms with Crippen molar-refractivity contribution in [2.75, 3.05) is 17.3 Å². The van der Waals surface area contributed by atoms with Crippen molar-refractivity contribution in [2.24, 2.45) is 0 Å². The number of nitrogens with one attached hydrogen (secondary N) is 2. The monoisotopic (exact) mass is 300 g/mol. The molecule has 110 valence electrons. The molecule has 0 saturated heterocycles. The first-order chi connectivity index (χ1) is 9.43. The Kier molecular flexibility index (Phi) is 6.30. The Hall–Kier alpha value is -1.76. The lowest BCUT2D eigenvalue weighted by atomic mass is 10.2. The zero-order valence-corrected chi connectivity index (χ0v) is 12.1. The van der Waals surface area contributed by atoms with E-state index in [-0.39, 0.29) is 5.82 Å². The van der Waals surface area contributed by atoms with Crippen molar-refractivity contribution >= 4 is 29.4 Å². The highest BCUT2D eigenvalue weighted by Crippen LogP contribution is 2.13. The first-order valence-electron chi connectivity index (χ1n) is 5.99. The minimum Gasteiger partial charge on any atom is -0.480 e. The highest BCUT2D eigenvalue weighted by Gasteiger charge is 2.19. The van der Waals surface area contributed by atoms with Gasteiger partial charge in [0.15, 0.2) is 0 Å². The van der Waals surface area contributed by atoms with E-state index in [1.807, 2.05) is 6.26 Å². The van der Waals surface area contributed by atoms with Crippen LogP contribution in [0.1, 0.15) is 12.0 Å². The van der Waals surface area contributed by atoms with Crippen LogP contribution in [-0.2, 0) is 4.79 Å². The van der Waals surface area contributed by atoms with Crippen LogP contribution in [-0.4, -0.2) is 35.2 Å². The Morgan fingerprint density at radius 1 is 1.45 bits per heavy atom. The molecule has 0 aromatic heterocycles. The molecule has 2 amide bonds. The summed E-state index contributed by atoms with van der Waals surface area (Å²) in [5.74, 6) is -0.809. The van der Waals surface area contributed by atoms with E-state index in [1.54, 1.807) is 6.92 Å². The molecule has 3 N–H and O–H groups in total. The third-order valence-electron chi connectivity index (χ3n) is 2.63. The number of rotatable bonds is 6. The molecule has 1 aromatic carbocycles. The highest BCUT2D eigenvalue weighted by atomic mass is 32.2. The highest BCUT2D eigenvalue weighted by molar-refractivity contribution is 7.98. The predicted octanol–water partition coefficient (Wildman–Crippen LogP) is 2.46. The molecule has 0 unspecified atom stereocenters. The Morgan fingerprint density at radius 3 is 2.70 bits per heavy atom. The summed E-state index contributed by atoms with van der Waals surface area (Å²) in [7, 11) is 0. The number of hydrogen-bond acceptors (Lipinski definition) is 3. The SMILES string of the molecule is CSCC[C@H](NC(=O)Nc1ccc(F)c(C)c1)C(=O)O. The van der Waals surface area contributed by atoms with Gasteiger partial charge in [0.25, 0.3) is 0 Å². The average molecular weight is 300 g/mol. The van der Waals surface area contributed by atoms with Crippen molar-refractivity contribution in [3.8, 4) is 0 Å². The molecule has 5 nitrogen and oxygen atoms in total. The fourth-order valence-electron chi connectivity index (χ4n) is 1.54. The molecule has 20 heavy (non-hydrogen) atoms. The summed E-state index contributed by atoms with van der Waals surface area (Å²) in [6.45, 7) is 1.58. The second kappa shape index (κ2) is 7.74. The number of halogens is 1. The van der Waals surface area contributed by atoms with Gasteiger partial charge in [0.2, 0.25) is 0 Å². The smallest absolute Gasteiger partial charge is 0.326 e. The number of urea groups is 1. The fraction of sp³-hybridized carbons (Fsp3) is 0.385. The van der Waals surface area contributed by atoms with E-state index in [1.165, 1.54) is 30.0 Å². The van der Waals surface area contributed by atoms with Crippen LogP contribution in [0.2, 0.25) is 0 Å². The molecule has 0 aliphatic heterocycles. The average Bonchev–Trinajstić information content (AvgIpc) is 2.38. The molecule has 0 bridgehead atoms. The molecule has 0 heterocycles. The van der Waals surface area contributed by atoms with E-state index in [4.69, 9.17) is 5.11 Å². The van der Waals surface area contributed by atoms with Crippen molar-refractivity contribution < 1.29 is 19.1 Å². The van der Waals surface area contributed by atoms with Crippen molar-refractivity contribution in [2.45, 2.75) is 19.4 Å². The first kappa shape index (κ1) is 16.3. The van der Waals surface area contributed by atoms with Crippen LogP contribution in [0.4, 0.5) is 14.9 Å². The van der Waals surface area contributed by atoms with Crippen LogP contribution in [0, 0.1) is 12.7 Å². The number of carbonyl (C=O) groups excluding carboxylic acids is 1. The third-order valence-corrected chi connectivity index (χ3v) is 3.27. The van der Waals surface area contributed by atoms with Gasteiger partial charge in [0, 0.05) is 5.69 Å². The van der Waals surface area contributed by atoms with E-state index < -0.39 is 18.0 Å². The molecule has 7 heteroatoms. The van der Waals surface area contributed by atoms with E-state index in [0.717, 1.165) is 0 Å². The second-order valence-corrected chi connectivity index (χ2v) is 5.22. The van der Waals surface area contributed by atoms with Gasteiger partial charge in [-0.05, 0) is 49.1 Å². The molecule has 0 aliphatic rings. The summed E-state index contributed by atoms with van der Waals surface area (Å²) in [5, 5.41) is 13.9. The zero-order valence-electron chi connectivity index (χ0n) is 11.3. The quantitative estimate of drug-likeness (QED) is 0.754. The van der Waals surface area contributed by atoms with Crippen LogP contribution >= 0.6 is 11.8 Å². The van der Waals surface area contributed by atoms with Crippen LogP contribution in [0.3, 0.4) is 0 Å². The number of benzene rings is 1. The summed E-state index contributed by atoms with van der Waals surface area (Å²) >= 11 is 1.51. The summed E-state index contributed by atoms with van der Waals surface area (Å²) in [4.78, 5) is 22.7. The number of carboxylic acid groups (broad SMARTS) is 1. The minimum atomic E-state index is -1.08. The van der Waals surface area contributed by atoms with Crippen LogP contribution < -0.4 is 10.6 Å². The lowest BCUT2D eigenvalue weighted by molar-refractivity contribution is -0.139. The molecule has 0 aliphatic carbocycles. The van der Waals surface area contributed by atoms with Gasteiger partial charge in [-0.2, -0.15) is 11.8 Å². The first-order valence-corrected chi connectivity index (χ1v) is 7.39. The molecule has 1 aromatic rings. The zero-order chi connectivity index (χ0) is 15.1. The number of thioether (sulfide) groups is 1. The summed E-state index contributed by atoms with van der Waals surface area (Å²) < 4.78 is 13.1. The maximum absolute atomic E-state index is 13.1. The van der Waals surface area contributed by atoms with Gasteiger partial charge in [0.1, 0.15) is 11.9 Å². The van der Waals surface area contributed by atoms with Gasteiger partial charge in [-0.25, -0.2) is 14.0 Å². The normalized spacial score (nSPS) is 11.8. The van der Waals surface area contributed by atoms with Gasteiger partial charge in [-0.1, -0.05) is 0 Å². The van der Waals surface area contributed by atoms with Gasteiger partial charge in [0.05, 0.1) is 0 Å². The van der Waals surface area contributed by atoms with E-state index in [2.05, 4.69) is 10.6 Å². The fourth-order valence-corrected chi connectivity index (χ4v) is 2.01. The lowest BCUT2D eigenvalue weighted by Crippen LogP contribution is -2.43. The number of anilines is 1. The molecular weight excluding hydrogens is 283 g/mol. The number of amides is 2. The molecule has 0 saturated carbocycles. The second-order valence-electron chi connectivity index (χ2n) is 4.23. The van der Waals surface area contributed by atoms with Crippen molar-refractivity contribution in [3.63, 3.8) is 0 Å². The van der Waals surface area contributed by atoms with Crippen LogP contribution in [0.25, 0.3) is 0 Å². The summed E-state index contributed by atoms with van der Waals surface area (Å²) in [5.41, 5.74) is 0.815. The number of carboxylic acids is 1. The predicted molar refractivity (Wildman–Crippen MR) is 77.7 cm³/mol. The topological polar surface area (TPSA) is 78.4 Å². The van der Waals surface area contributed by atoms with E-state index in [0.29, 0.717) is 23.4 Å². The van der Waals surface area contributed by atoms with Gasteiger partial charge >= 0.3 is 12.0 Å². The maximum atomic E-state index is 13.1. The molecule has 1 atom stereocenters. The lowest BCUT2D eigenvalue weighted by Gasteiger charge is -2.15. The summed E-state index contributed by atoms with van der Waals surface area (Å²) in [6, 6.07) is 2.58. The third kappa shape index (κ3) is 5.08. The van der Waals surface area contributed by atoms with E-state index in [9.17, 15) is 14.0 Å². The van der Waals surface area contributed by atoms with Gasteiger partial charge in [-0.15, -0.1) is 0 Å².